The zero-order valence-electron chi connectivity index (χ0n) is 9.85. The number of nitrogens with one attached hydrogen (secondary N) is 1. The molecule has 1 saturated heterocycles. The van der Waals surface area contributed by atoms with Crippen LogP contribution in [0.15, 0.2) is 22.7 Å². The Bertz CT molecular complexity index is 455. The van der Waals surface area contributed by atoms with Gasteiger partial charge in [0.1, 0.15) is 18.4 Å². The van der Waals surface area contributed by atoms with E-state index in [1.807, 2.05) is 25.1 Å². The zero-order valence-corrected chi connectivity index (χ0v) is 12.3. The Labute approximate surface area is 118 Å². The van der Waals surface area contributed by atoms with Gasteiger partial charge in [0, 0.05) is 10.2 Å². The number of aryl methyl sites for hydroxylation is 1. The summed E-state index contributed by atoms with van der Waals surface area (Å²) < 4.78 is 6.71. The predicted molar refractivity (Wildman–Crippen MR) is 75.2 cm³/mol. The molecule has 0 spiro atoms. The molecule has 2 atom stereocenters. The van der Waals surface area contributed by atoms with Gasteiger partial charge in [-0.3, -0.25) is 10.1 Å². The van der Waals surface area contributed by atoms with Gasteiger partial charge in [-0.25, -0.2) is 0 Å². The van der Waals surface area contributed by atoms with Crippen LogP contribution in [0, 0.1) is 6.92 Å². The molecule has 18 heavy (non-hydrogen) atoms. The number of halogens is 1. The van der Waals surface area contributed by atoms with Gasteiger partial charge in [-0.2, -0.15) is 0 Å². The average molecular weight is 332 g/mol. The topological polar surface area (TPSA) is 58.6 Å². The van der Waals surface area contributed by atoms with Crippen molar-refractivity contribution in [3.63, 3.8) is 0 Å². The van der Waals surface area contributed by atoms with Crippen LogP contribution >= 0.6 is 27.7 Å². The number of carboxylic acid groups (broad SMARTS) is 1. The van der Waals surface area contributed by atoms with E-state index in [1.165, 1.54) is 0 Å². The fraction of sp³-hybridized carbons (Fsp3) is 0.417. The molecule has 1 fully saturated rings. The quantitative estimate of drug-likeness (QED) is 0.886. The lowest BCUT2D eigenvalue weighted by Gasteiger charge is -2.13. The van der Waals surface area contributed by atoms with Crippen LogP contribution in [0.5, 0.6) is 5.75 Å². The highest BCUT2D eigenvalue weighted by Gasteiger charge is 2.29. The van der Waals surface area contributed by atoms with E-state index in [0.29, 0.717) is 12.4 Å². The largest absolute Gasteiger partial charge is 0.491 e. The lowest BCUT2D eigenvalue weighted by Crippen LogP contribution is -2.38. The molecule has 0 radical (unpaired) electrons. The van der Waals surface area contributed by atoms with Gasteiger partial charge in [0.15, 0.2) is 0 Å². The van der Waals surface area contributed by atoms with E-state index in [0.717, 1.165) is 15.8 Å². The molecule has 6 heteroatoms. The van der Waals surface area contributed by atoms with Gasteiger partial charge in [-0.15, -0.1) is 11.8 Å². The summed E-state index contributed by atoms with van der Waals surface area (Å²) in [5, 5.41) is 11.9. The lowest BCUT2D eigenvalue weighted by molar-refractivity contribution is -0.138. The maximum absolute atomic E-state index is 10.8. The Morgan fingerprint density at radius 3 is 3.06 bits per heavy atom. The normalized spacial score (nSPS) is 23.0. The van der Waals surface area contributed by atoms with E-state index < -0.39 is 12.0 Å². The molecular weight excluding hydrogens is 318 g/mol. The van der Waals surface area contributed by atoms with Crippen molar-refractivity contribution < 1.29 is 14.6 Å². The minimum Gasteiger partial charge on any atom is -0.491 e. The molecular formula is C12H14BrNO3S. The van der Waals surface area contributed by atoms with Crippen molar-refractivity contribution >= 4 is 33.7 Å². The molecule has 1 aromatic rings. The Kier molecular flexibility index (Phi) is 4.53. The number of ether oxygens (including phenoxy) is 1. The van der Waals surface area contributed by atoms with Crippen molar-refractivity contribution in [3.05, 3.63) is 28.2 Å². The maximum Gasteiger partial charge on any atom is 0.321 e. The third-order valence-corrected chi connectivity index (χ3v) is 4.77. The standard InChI is InChI=1S/C12H14BrNO3S/c1-7-4-8(2-3-9(7)13)17-5-11-14-10(6-18-11)12(15)16/h2-4,10-11,14H,5-6H2,1H3,(H,15,16). The van der Waals surface area contributed by atoms with Gasteiger partial charge in [0.25, 0.3) is 0 Å². The minimum atomic E-state index is -0.801. The summed E-state index contributed by atoms with van der Waals surface area (Å²) >= 11 is 5.01. The monoisotopic (exact) mass is 331 g/mol. The summed E-state index contributed by atoms with van der Waals surface area (Å²) in [5.41, 5.74) is 1.11. The summed E-state index contributed by atoms with van der Waals surface area (Å²) in [5.74, 6) is 0.587. The SMILES string of the molecule is Cc1cc(OCC2NC(C(=O)O)CS2)ccc1Br. The number of thioether (sulfide) groups is 1. The summed E-state index contributed by atoms with van der Waals surface area (Å²) in [6.07, 6.45) is 0. The molecule has 1 aliphatic heterocycles. The number of carbonyl (C=O) groups is 1. The number of rotatable bonds is 4. The van der Waals surface area contributed by atoms with E-state index in [4.69, 9.17) is 9.84 Å². The second-order valence-electron chi connectivity index (χ2n) is 4.10. The fourth-order valence-electron chi connectivity index (χ4n) is 1.65. The Hall–Kier alpha value is -0.720. The Morgan fingerprint density at radius 1 is 1.67 bits per heavy atom. The highest BCUT2D eigenvalue weighted by molar-refractivity contribution is 9.10. The molecule has 2 rings (SSSR count). The molecule has 2 unspecified atom stereocenters. The first kappa shape index (κ1) is 13.7. The molecule has 98 valence electrons. The molecule has 2 N–H and O–H groups in total. The molecule has 0 bridgehead atoms. The zero-order chi connectivity index (χ0) is 13.1. The Balaban J connectivity index is 1.85. The van der Waals surface area contributed by atoms with Crippen molar-refractivity contribution in [1.82, 2.24) is 5.32 Å². The van der Waals surface area contributed by atoms with Gasteiger partial charge in [0.05, 0.1) is 5.37 Å². The minimum absolute atomic E-state index is 0.0371. The molecule has 0 saturated carbocycles. The van der Waals surface area contributed by atoms with Gasteiger partial charge < -0.3 is 9.84 Å². The van der Waals surface area contributed by atoms with Crippen molar-refractivity contribution in [3.8, 4) is 5.75 Å². The van der Waals surface area contributed by atoms with E-state index in [1.54, 1.807) is 11.8 Å². The van der Waals surface area contributed by atoms with E-state index in [2.05, 4.69) is 21.2 Å². The smallest absolute Gasteiger partial charge is 0.321 e. The molecule has 4 nitrogen and oxygen atoms in total. The predicted octanol–water partition coefficient (Wildman–Crippen LogP) is 2.25. The number of hydrogen-bond acceptors (Lipinski definition) is 4. The van der Waals surface area contributed by atoms with Crippen LogP contribution in [-0.4, -0.2) is 34.9 Å². The summed E-state index contributed by atoms with van der Waals surface area (Å²) in [4.78, 5) is 10.8. The van der Waals surface area contributed by atoms with Crippen LogP contribution in [0.2, 0.25) is 0 Å². The first-order valence-corrected chi connectivity index (χ1v) is 7.40. The fourth-order valence-corrected chi connectivity index (χ4v) is 2.99. The summed E-state index contributed by atoms with van der Waals surface area (Å²) in [6.45, 7) is 2.47. The number of carboxylic acids is 1. The Morgan fingerprint density at radius 2 is 2.44 bits per heavy atom. The summed E-state index contributed by atoms with van der Waals surface area (Å²) in [6, 6.07) is 5.33. The van der Waals surface area contributed by atoms with Gasteiger partial charge >= 0.3 is 5.97 Å². The van der Waals surface area contributed by atoms with Crippen molar-refractivity contribution in [2.24, 2.45) is 0 Å². The molecule has 0 aromatic heterocycles. The number of hydrogen-bond donors (Lipinski definition) is 2. The third-order valence-electron chi connectivity index (χ3n) is 2.68. The molecule has 1 aromatic carbocycles. The van der Waals surface area contributed by atoms with Gasteiger partial charge in [-0.1, -0.05) is 15.9 Å². The third kappa shape index (κ3) is 3.40. The van der Waals surface area contributed by atoms with Crippen LogP contribution in [0.4, 0.5) is 0 Å². The maximum atomic E-state index is 10.8. The van der Waals surface area contributed by atoms with Crippen LogP contribution < -0.4 is 10.1 Å². The first-order valence-electron chi connectivity index (χ1n) is 5.55. The highest BCUT2D eigenvalue weighted by atomic mass is 79.9. The molecule has 1 aliphatic rings. The molecule has 1 heterocycles. The summed E-state index contributed by atoms with van der Waals surface area (Å²) in [7, 11) is 0. The van der Waals surface area contributed by atoms with E-state index in [9.17, 15) is 4.79 Å². The number of aliphatic carboxylic acids is 1. The highest BCUT2D eigenvalue weighted by Crippen LogP contribution is 2.24. The van der Waals surface area contributed by atoms with Crippen molar-refractivity contribution in [2.45, 2.75) is 18.3 Å². The second-order valence-corrected chi connectivity index (χ2v) is 6.19. The lowest BCUT2D eigenvalue weighted by atomic mass is 10.2. The molecule has 0 aliphatic carbocycles. The number of benzene rings is 1. The van der Waals surface area contributed by atoms with Crippen LogP contribution in [0.1, 0.15) is 5.56 Å². The van der Waals surface area contributed by atoms with E-state index >= 15 is 0 Å². The van der Waals surface area contributed by atoms with Gasteiger partial charge in [-0.05, 0) is 30.7 Å². The average Bonchev–Trinajstić information content (AvgIpc) is 2.79. The van der Waals surface area contributed by atoms with Crippen LogP contribution in [-0.2, 0) is 4.79 Å². The first-order chi connectivity index (χ1) is 8.56. The van der Waals surface area contributed by atoms with Crippen molar-refractivity contribution in [1.29, 1.82) is 0 Å². The van der Waals surface area contributed by atoms with Crippen LogP contribution in [0.25, 0.3) is 0 Å². The van der Waals surface area contributed by atoms with E-state index in [-0.39, 0.29) is 5.37 Å². The molecule has 0 amide bonds. The van der Waals surface area contributed by atoms with Crippen LogP contribution in [0.3, 0.4) is 0 Å². The van der Waals surface area contributed by atoms with Gasteiger partial charge in [0.2, 0.25) is 0 Å². The second kappa shape index (κ2) is 5.95. The van der Waals surface area contributed by atoms with Crippen molar-refractivity contribution in [2.75, 3.05) is 12.4 Å².